The van der Waals surface area contributed by atoms with Gasteiger partial charge in [-0.25, -0.2) is 4.79 Å². The molecule has 0 saturated heterocycles. The van der Waals surface area contributed by atoms with Gasteiger partial charge in [0.05, 0.1) is 11.6 Å². The first-order valence-electron chi connectivity index (χ1n) is 10.5. The van der Waals surface area contributed by atoms with Crippen LogP contribution >= 0.6 is 0 Å². The van der Waals surface area contributed by atoms with Gasteiger partial charge in [0.25, 0.3) is 5.91 Å². The van der Waals surface area contributed by atoms with Crippen LogP contribution in [0.4, 0.5) is 0 Å². The van der Waals surface area contributed by atoms with Crippen molar-refractivity contribution >= 4 is 11.9 Å². The molecule has 1 aliphatic heterocycles. The summed E-state index contributed by atoms with van der Waals surface area (Å²) in [6.45, 7) is 0. The number of carbonyl (C=O) groups excluding carboxylic acids is 2. The molecule has 1 N–H and O–H groups in total. The summed E-state index contributed by atoms with van der Waals surface area (Å²) in [4.78, 5) is 25.5. The van der Waals surface area contributed by atoms with Gasteiger partial charge in [0.15, 0.2) is 0 Å². The van der Waals surface area contributed by atoms with E-state index in [1.807, 2.05) is 42.5 Å². The SMILES string of the molecule is O=C(NC1CCCc2ccccc21)c1ccc2c(c1)CC(c1ccccc1)OC2=O. The predicted molar refractivity (Wildman–Crippen MR) is 114 cm³/mol. The van der Waals surface area contributed by atoms with E-state index in [2.05, 4.69) is 23.5 Å². The summed E-state index contributed by atoms with van der Waals surface area (Å²) in [7, 11) is 0. The normalized spacial score (nSPS) is 19.9. The molecule has 2 aliphatic rings. The minimum Gasteiger partial charge on any atom is -0.454 e. The fourth-order valence-corrected chi connectivity index (χ4v) is 4.54. The molecule has 150 valence electrons. The van der Waals surface area contributed by atoms with Crippen molar-refractivity contribution in [2.24, 2.45) is 0 Å². The van der Waals surface area contributed by atoms with E-state index in [1.165, 1.54) is 11.1 Å². The lowest BCUT2D eigenvalue weighted by molar-refractivity contribution is 0.0252. The molecule has 0 fully saturated rings. The first-order valence-corrected chi connectivity index (χ1v) is 10.5. The van der Waals surface area contributed by atoms with Gasteiger partial charge in [-0.15, -0.1) is 0 Å². The summed E-state index contributed by atoms with van der Waals surface area (Å²) in [5, 5.41) is 3.20. The molecule has 1 aliphatic carbocycles. The smallest absolute Gasteiger partial charge is 0.339 e. The molecule has 4 heteroatoms. The molecular weight excluding hydrogens is 374 g/mol. The Morgan fingerprint density at radius 1 is 0.933 bits per heavy atom. The third-order valence-electron chi connectivity index (χ3n) is 6.09. The molecule has 1 amide bonds. The zero-order valence-corrected chi connectivity index (χ0v) is 16.6. The number of benzene rings is 3. The quantitative estimate of drug-likeness (QED) is 0.637. The number of fused-ring (bicyclic) bond motifs is 2. The van der Waals surface area contributed by atoms with Crippen molar-refractivity contribution in [1.29, 1.82) is 0 Å². The van der Waals surface area contributed by atoms with Crippen LogP contribution in [0, 0.1) is 0 Å². The maximum absolute atomic E-state index is 13.0. The predicted octanol–water partition coefficient (Wildman–Crippen LogP) is 4.95. The topological polar surface area (TPSA) is 55.4 Å². The molecule has 0 radical (unpaired) electrons. The van der Waals surface area contributed by atoms with E-state index in [0.717, 1.165) is 30.4 Å². The molecule has 2 atom stereocenters. The zero-order valence-electron chi connectivity index (χ0n) is 16.6. The van der Waals surface area contributed by atoms with Gasteiger partial charge >= 0.3 is 5.97 Å². The van der Waals surface area contributed by atoms with E-state index in [9.17, 15) is 9.59 Å². The van der Waals surface area contributed by atoms with E-state index < -0.39 is 0 Å². The lowest BCUT2D eigenvalue weighted by Crippen LogP contribution is -2.31. The number of esters is 1. The summed E-state index contributed by atoms with van der Waals surface area (Å²) >= 11 is 0. The Balaban J connectivity index is 1.38. The number of cyclic esters (lactones) is 1. The van der Waals surface area contributed by atoms with Crippen molar-refractivity contribution in [2.75, 3.05) is 0 Å². The van der Waals surface area contributed by atoms with Gasteiger partial charge in [0.2, 0.25) is 0 Å². The highest BCUT2D eigenvalue weighted by molar-refractivity contribution is 5.98. The van der Waals surface area contributed by atoms with Crippen LogP contribution in [0.1, 0.15) is 68.0 Å². The van der Waals surface area contributed by atoms with Crippen LogP contribution in [0.2, 0.25) is 0 Å². The third kappa shape index (κ3) is 3.50. The Labute approximate surface area is 175 Å². The molecule has 4 nitrogen and oxygen atoms in total. The van der Waals surface area contributed by atoms with Crippen LogP contribution in [0.5, 0.6) is 0 Å². The van der Waals surface area contributed by atoms with Crippen molar-refractivity contribution in [3.8, 4) is 0 Å². The highest BCUT2D eigenvalue weighted by Gasteiger charge is 2.29. The number of aryl methyl sites for hydroxylation is 1. The fourth-order valence-electron chi connectivity index (χ4n) is 4.54. The van der Waals surface area contributed by atoms with Gasteiger partial charge in [-0.1, -0.05) is 54.6 Å². The largest absolute Gasteiger partial charge is 0.454 e. The number of carbonyl (C=O) groups is 2. The number of hydrogen-bond acceptors (Lipinski definition) is 3. The summed E-state index contributed by atoms with van der Waals surface area (Å²) < 4.78 is 5.62. The van der Waals surface area contributed by atoms with E-state index >= 15 is 0 Å². The van der Waals surface area contributed by atoms with Gasteiger partial charge in [0.1, 0.15) is 6.10 Å². The van der Waals surface area contributed by atoms with E-state index in [0.29, 0.717) is 17.5 Å². The molecule has 1 heterocycles. The van der Waals surface area contributed by atoms with Crippen molar-refractivity contribution in [3.05, 3.63) is 106 Å². The minimum atomic E-state index is -0.335. The molecule has 0 saturated carbocycles. The van der Waals surface area contributed by atoms with Crippen molar-refractivity contribution in [1.82, 2.24) is 5.32 Å². The molecular formula is C26H23NO3. The maximum atomic E-state index is 13.0. The number of amides is 1. The van der Waals surface area contributed by atoms with Gasteiger partial charge in [-0.3, -0.25) is 4.79 Å². The summed E-state index contributed by atoms with van der Waals surface area (Å²) in [5.74, 6) is -0.437. The third-order valence-corrected chi connectivity index (χ3v) is 6.09. The van der Waals surface area contributed by atoms with Crippen LogP contribution in [-0.2, 0) is 17.6 Å². The van der Waals surface area contributed by atoms with Gasteiger partial charge in [0, 0.05) is 12.0 Å². The molecule has 0 aromatic heterocycles. The second-order valence-electron chi connectivity index (χ2n) is 8.00. The molecule has 3 aromatic rings. The number of rotatable bonds is 3. The molecule has 0 spiro atoms. The molecule has 0 bridgehead atoms. The Bertz CT molecular complexity index is 1110. The zero-order chi connectivity index (χ0) is 20.5. The van der Waals surface area contributed by atoms with Crippen LogP contribution in [0.25, 0.3) is 0 Å². The van der Waals surface area contributed by atoms with E-state index in [1.54, 1.807) is 12.1 Å². The Morgan fingerprint density at radius 2 is 1.73 bits per heavy atom. The first-order chi connectivity index (χ1) is 14.7. The Kier molecular flexibility index (Phi) is 4.83. The Morgan fingerprint density at radius 3 is 2.60 bits per heavy atom. The van der Waals surface area contributed by atoms with Gasteiger partial charge < -0.3 is 10.1 Å². The average molecular weight is 397 g/mol. The van der Waals surface area contributed by atoms with Crippen molar-refractivity contribution < 1.29 is 14.3 Å². The number of hydrogen-bond donors (Lipinski definition) is 1. The molecule has 5 rings (SSSR count). The first kappa shape index (κ1) is 18.6. The van der Waals surface area contributed by atoms with Gasteiger partial charge in [-0.05, 0) is 59.7 Å². The van der Waals surface area contributed by atoms with E-state index in [4.69, 9.17) is 4.74 Å². The summed E-state index contributed by atoms with van der Waals surface area (Å²) in [5.41, 5.74) is 5.47. The van der Waals surface area contributed by atoms with E-state index in [-0.39, 0.29) is 24.0 Å². The lowest BCUT2D eigenvalue weighted by Gasteiger charge is -2.27. The monoisotopic (exact) mass is 397 g/mol. The highest BCUT2D eigenvalue weighted by atomic mass is 16.5. The fraction of sp³-hybridized carbons (Fsp3) is 0.231. The van der Waals surface area contributed by atoms with Crippen molar-refractivity contribution in [2.45, 2.75) is 37.8 Å². The average Bonchev–Trinajstić information content (AvgIpc) is 2.79. The molecule has 3 aromatic carbocycles. The maximum Gasteiger partial charge on any atom is 0.339 e. The van der Waals surface area contributed by atoms with Crippen LogP contribution in [0.3, 0.4) is 0 Å². The Hall–Kier alpha value is -3.40. The van der Waals surface area contributed by atoms with Crippen molar-refractivity contribution in [3.63, 3.8) is 0 Å². The lowest BCUT2D eigenvalue weighted by atomic mass is 9.87. The van der Waals surface area contributed by atoms with Crippen LogP contribution in [0.15, 0.2) is 72.8 Å². The number of ether oxygens (including phenoxy) is 1. The second kappa shape index (κ2) is 7.79. The summed E-state index contributed by atoms with van der Waals surface area (Å²) in [6.07, 6.45) is 3.31. The second-order valence-corrected chi connectivity index (χ2v) is 8.00. The molecule has 30 heavy (non-hydrogen) atoms. The number of nitrogens with one attached hydrogen (secondary N) is 1. The van der Waals surface area contributed by atoms with Crippen LogP contribution in [-0.4, -0.2) is 11.9 Å². The van der Waals surface area contributed by atoms with Crippen LogP contribution < -0.4 is 5.32 Å². The van der Waals surface area contributed by atoms with Gasteiger partial charge in [-0.2, -0.15) is 0 Å². The molecule has 2 unspecified atom stereocenters. The minimum absolute atomic E-state index is 0.0283. The summed E-state index contributed by atoms with van der Waals surface area (Å²) in [6, 6.07) is 23.3. The highest BCUT2D eigenvalue weighted by Crippen LogP contribution is 2.32. The standard InChI is InChI=1S/C26H23NO3/c28-25(27-23-12-6-10-17-7-4-5-11-21(17)23)19-13-14-22-20(15-19)16-24(30-26(22)29)18-8-2-1-3-9-18/h1-5,7-9,11,13-15,23-24H,6,10,12,16H2,(H,27,28).